The number of anilines is 1. The van der Waals surface area contributed by atoms with Crippen molar-refractivity contribution >= 4 is 21.4 Å². The lowest BCUT2D eigenvalue weighted by Gasteiger charge is -2.08. The molecule has 0 fully saturated rings. The predicted molar refractivity (Wildman–Crippen MR) is 71.9 cm³/mol. The van der Waals surface area contributed by atoms with Gasteiger partial charge in [-0.1, -0.05) is 0 Å². The molecule has 21 heavy (non-hydrogen) atoms. The molecule has 10 heteroatoms. The van der Waals surface area contributed by atoms with E-state index in [-0.39, 0.29) is 5.69 Å². The number of benzene rings is 1. The maximum atomic E-state index is 13.8. The van der Waals surface area contributed by atoms with Crippen molar-refractivity contribution in [3.8, 4) is 0 Å². The average Bonchev–Trinajstić information content (AvgIpc) is 2.69. The fraction of sp³-hybridized carbons (Fsp3) is 0.182. The summed E-state index contributed by atoms with van der Waals surface area (Å²) in [4.78, 5) is 9.04. The topological polar surface area (TPSA) is 118 Å². The lowest BCUT2D eigenvalue weighted by molar-refractivity contribution is -0.385. The number of non-ortho nitro benzene ring substituents is 1. The number of halogens is 1. The summed E-state index contributed by atoms with van der Waals surface area (Å²) in [6, 6.07) is 2.33. The summed E-state index contributed by atoms with van der Waals surface area (Å²) in [5.41, 5.74) is 0.562. The maximum Gasteiger partial charge on any atom is 0.272 e. The normalized spacial score (nSPS) is 11.4. The Kier molecular flexibility index (Phi) is 3.64. The van der Waals surface area contributed by atoms with E-state index in [1.807, 2.05) is 0 Å². The van der Waals surface area contributed by atoms with E-state index in [1.54, 1.807) is 13.8 Å². The fourth-order valence-electron chi connectivity index (χ4n) is 1.71. The molecule has 0 amide bonds. The monoisotopic (exact) mass is 314 g/mol. The molecule has 2 aromatic rings. The Morgan fingerprint density at radius 1 is 1.38 bits per heavy atom. The van der Waals surface area contributed by atoms with E-state index in [4.69, 9.17) is 0 Å². The number of nitrogens with zero attached hydrogens (tertiary/aromatic N) is 2. The predicted octanol–water partition coefficient (Wildman–Crippen LogP) is 1.87. The van der Waals surface area contributed by atoms with Gasteiger partial charge in [0.25, 0.3) is 15.7 Å². The second-order valence-electron chi connectivity index (χ2n) is 4.29. The van der Waals surface area contributed by atoms with Gasteiger partial charge in [0, 0.05) is 6.07 Å². The van der Waals surface area contributed by atoms with Crippen molar-refractivity contribution in [2.75, 3.05) is 4.72 Å². The van der Waals surface area contributed by atoms with Gasteiger partial charge in [-0.15, -0.1) is 0 Å². The van der Waals surface area contributed by atoms with Crippen LogP contribution in [0.4, 0.5) is 15.8 Å². The van der Waals surface area contributed by atoms with Gasteiger partial charge in [-0.25, -0.2) is 12.8 Å². The summed E-state index contributed by atoms with van der Waals surface area (Å²) >= 11 is 0. The summed E-state index contributed by atoms with van der Waals surface area (Å²) in [6.07, 6.45) is 0. The first-order valence-electron chi connectivity index (χ1n) is 5.70. The lowest BCUT2D eigenvalue weighted by atomic mass is 10.3. The zero-order valence-electron chi connectivity index (χ0n) is 11.0. The summed E-state index contributed by atoms with van der Waals surface area (Å²) in [6.45, 7) is 3.18. The molecule has 0 radical (unpaired) electrons. The van der Waals surface area contributed by atoms with Crippen molar-refractivity contribution in [2.45, 2.75) is 18.7 Å². The standard InChI is InChI=1S/C11H11FN4O4S/c1-6-11(7(2)14-13-6)15-21(19,20)10-4-3-8(16(17)18)5-9(10)12/h3-5,15H,1-2H3,(H,13,14). The molecular weight excluding hydrogens is 303 g/mol. The fourth-order valence-corrected chi connectivity index (χ4v) is 2.95. The van der Waals surface area contributed by atoms with Crippen molar-refractivity contribution in [1.82, 2.24) is 10.2 Å². The van der Waals surface area contributed by atoms with Gasteiger partial charge in [0.05, 0.1) is 28.1 Å². The molecule has 0 saturated heterocycles. The minimum Gasteiger partial charge on any atom is -0.280 e. The Morgan fingerprint density at radius 3 is 2.52 bits per heavy atom. The van der Waals surface area contributed by atoms with Crippen LogP contribution >= 0.6 is 0 Å². The summed E-state index contributed by atoms with van der Waals surface area (Å²) in [7, 11) is -4.21. The van der Waals surface area contributed by atoms with E-state index in [2.05, 4.69) is 14.9 Å². The van der Waals surface area contributed by atoms with E-state index in [0.717, 1.165) is 12.1 Å². The van der Waals surface area contributed by atoms with Crippen LogP contribution in [0.2, 0.25) is 0 Å². The summed E-state index contributed by atoms with van der Waals surface area (Å²) in [5.74, 6) is -1.20. The van der Waals surface area contributed by atoms with Gasteiger partial charge in [0.1, 0.15) is 4.90 Å². The van der Waals surface area contributed by atoms with Crippen LogP contribution < -0.4 is 4.72 Å². The molecule has 0 atom stereocenters. The number of nitrogens with one attached hydrogen (secondary N) is 2. The molecule has 0 saturated carbocycles. The second-order valence-corrected chi connectivity index (χ2v) is 5.94. The van der Waals surface area contributed by atoms with E-state index in [1.165, 1.54) is 0 Å². The van der Waals surface area contributed by atoms with Crippen molar-refractivity contribution in [3.05, 3.63) is 45.5 Å². The molecular formula is C11H11FN4O4S. The first kappa shape index (κ1) is 14.9. The van der Waals surface area contributed by atoms with Crippen LogP contribution in [0.25, 0.3) is 0 Å². The average molecular weight is 314 g/mol. The number of H-pyrrole nitrogens is 1. The smallest absolute Gasteiger partial charge is 0.272 e. The minimum atomic E-state index is -4.21. The highest BCUT2D eigenvalue weighted by atomic mass is 32.2. The van der Waals surface area contributed by atoms with E-state index in [9.17, 15) is 22.9 Å². The maximum absolute atomic E-state index is 13.8. The highest BCUT2D eigenvalue weighted by molar-refractivity contribution is 7.92. The van der Waals surface area contributed by atoms with Crippen molar-refractivity contribution < 1.29 is 17.7 Å². The number of hydrogen-bond donors (Lipinski definition) is 2. The third-order valence-corrected chi connectivity index (χ3v) is 4.16. The molecule has 1 aromatic heterocycles. The highest BCUT2D eigenvalue weighted by Gasteiger charge is 2.23. The molecule has 1 heterocycles. The van der Waals surface area contributed by atoms with Gasteiger partial charge < -0.3 is 0 Å². The molecule has 1 aromatic carbocycles. The number of nitro benzene ring substituents is 1. The molecule has 0 aliphatic carbocycles. The third-order valence-electron chi connectivity index (χ3n) is 2.78. The molecule has 0 aliphatic rings. The van der Waals surface area contributed by atoms with Crippen LogP contribution in [0.1, 0.15) is 11.4 Å². The van der Waals surface area contributed by atoms with Gasteiger partial charge >= 0.3 is 0 Å². The molecule has 0 spiro atoms. The van der Waals surface area contributed by atoms with Gasteiger partial charge in [0.2, 0.25) is 0 Å². The van der Waals surface area contributed by atoms with Crippen molar-refractivity contribution in [1.29, 1.82) is 0 Å². The molecule has 0 bridgehead atoms. The Hall–Kier alpha value is -2.49. The first-order valence-corrected chi connectivity index (χ1v) is 7.19. The Bertz CT molecular complexity index is 796. The zero-order chi connectivity index (χ0) is 15.8. The van der Waals surface area contributed by atoms with Gasteiger partial charge in [-0.05, 0) is 19.9 Å². The number of aromatic nitrogens is 2. The Balaban J connectivity index is 2.43. The van der Waals surface area contributed by atoms with Crippen LogP contribution in [0.3, 0.4) is 0 Å². The van der Waals surface area contributed by atoms with Crippen LogP contribution in [-0.2, 0) is 10.0 Å². The molecule has 2 rings (SSSR count). The molecule has 2 N–H and O–H groups in total. The van der Waals surface area contributed by atoms with Gasteiger partial charge in [0.15, 0.2) is 5.82 Å². The second kappa shape index (κ2) is 5.13. The van der Waals surface area contributed by atoms with E-state index >= 15 is 0 Å². The number of aromatic amines is 1. The molecule has 112 valence electrons. The third kappa shape index (κ3) is 2.84. The number of aryl methyl sites for hydroxylation is 2. The lowest BCUT2D eigenvalue weighted by Crippen LogP contribution is -2.15. The van der Waals surface area contributed by atoms with Gasteiger partial charge in [-0.2, -0.15) is 5.10 Å². The Morgan fingerprint density at radius 2 is 2.05 bits per heavy atom. The van der Waals surface area contributed by atoms with E-state index < -0.39 is 31.3 Å². The van der Waals surface area contributed by atoms with E-state index in [0.29, 0.717) is 17.5 Å². The van der Waals surface area contributed by atoms with Crippen LogP contribution in [0.15, 0.2) is 23.1 Å². The highest BCUT2D eigenvalue weighted by Crippen LogP contribution is 2.25. The number of hydrogen-bond acceptors (Lipinski definition) is 5. The number of rotatable bonds is 4. The quantitative estimate of drug-likeness (QED) is 0.659. The first-order chi connectivity index (χ1) is 9.72. The van der Waals surface area contributed by atoms with Crippen LogP contribution in [-0.4, -0.2) is 23.5 Å². The molecule has 0 aliphatic heterocycles. The largest absolute Gasteiger partial charge is 0.280 e. The summed E-state index contributed by atoms with van der Waals surface area (Å²) in [5, 5.41) is 16.9. The Labute approximate surface area is 119 Å². The number of sulfonamides is 1. The molecule has 0 unspecified atom stereocenters. The van der Waals surface area contributed by atoms with Gasteiger partial charge in [-0.3, -0.25) is 19.9 Å². The van der Waals surface area contributed by atoms with Crippen molar-refractivity contribution in [2.24, 2.45) is 0 Å². The van der Waals surface area contributed by atoms with Crippen LogP contribution in [0.5, 0.6) is 0 Å². The SMILES string of the molecule is Cc1n[nH]c(C)c1NS(=O)(=O)c1ccc([N+](=O)[O-])cc1F. The summed E-state index contributed by atoms with van der Waals surface area (Å²) < 4.78 is 40.3. The number of nitro groups is 1. The van der Waals surface area contributed by atoms with Crippen LogP contribution in [0, 0.1) is 29.8 Å². The van der Waals surface area contributed by atoms with Crippen molar-refractivity contribution in [3.63, 3.8) is 0 Å². The minimum absolute atomic E-state index is 0.216. The molecule has 8 nitrogen and oxygen atoms in total. The zero-order valence-corrected chi connectivity index (χ0v) is 11.9.